The quantitative estimate of drug-likeness (QED) is 0.693. The first-order valence-electron chi connectivity index (χ1n) is 5.95. The third-order valence-corrected chi connectivity index (χ3v) is 4.19. The van der Waals surface area contributed by atoms with Gasteiger partial charge in [-0.3, -0.25) is 0 Å². The van der Waals surface area contributed by atoms with E-state index in [0.29, 0.717) is 5.56 Å². The van der Waals surface area contributed by atoms with E-state index in [1.165, 1.54) is 36.5 Å². The second-order valence-electron chi connectivity index (χ2n) is 4.34. The number of nitrogens with one attached hydrogen (secondary N) is 1. The molecule has 2 aromatic carbocycles. The summed E-state index contributed by atoms with van der Waals surface area (Å²) in [5.74, 6) is -0.547. The summed E-state index contributed by atoms with van der Waals surface area (Å²) in [5, 5.41) is 3.58. The lowest BCUT2D eigenvalue weighted by atomic mass is 10.2. The van der Waals surface area contributed by atoms with Crippen LogP contribution in [0.5, 0.6) is 0 Å². The Hall–Kier alpha value is -1.92. The second kappa shape index (κ2) is 6.24. The molecule has 7 heteroatoms. The fourth-order valence-corrected chi connectivity index (χ4v) is 2.51. The lowest BCUT2D eigenvalue weighted by Crippen LogP contribution is -2.18. The van der Waals surface area contributed by atoms with Gasteiger partial charge < -0.3 is 0 Å². The van der Waals surface area contributed by atoms with Gasteiger partial charge in [0.05, 0.1) is 16.1 Å². The number of nitrogens with zero attached hydrogens (tertiary/aromatic N) is 1. The van der Waals surface area contributed by atoms with Crippen molar-refractivity contribution >= 4 is 27.8 Å². The summed E-state index contributed by atoms with van der Waals surface area (Å²) >= 11 is 5.62. The molecule has 0 aliphatic rings. The molecule has 0 unspecified atom stereocenters. The fourth-order valence-electron chi connectivity index (χ4n) is 1.53. The maximum absolute atomic E-state index is 13.0. The zero-order chi connectivity index (χ0) is 15.5. The second-order valence-corrected chi connectivity index (χ2v) is 6.41. The standard InChI is InChI=1S/C14H12ClFN2O2S/c1-10-2-5-12(6-3-10)21(19,20)18-17-9-11-4-7-14(16)13(15)8-11/h2-9,18H,1H3. The summed E-state index contributed by atoms with van der Waals surface area (Å²) in [4.78, 5) is 2.20. The summed E-state index contributed by atoms with van der Waals surface area (Å²) in [7, 11) is -3.72. The van der Waals surface area contributed by atoms with Crippen molar-refractivity contribution in [1.29, 1.82) is 0 Å². The van der Waals surface area contributed by atoms with Gasteiger partial charge in [-0.1, -0.05) is 35.4 Å². The highest BCUT2D eigenvalue weighted by Crippen LogP contribution is 2.15. The average molecular weight is 327 g/mol. The summed E-state index contributed by atoms with van der Waals surface area (Å²) in [6.45, 7) is 1.86. The molecule has 2 aromatic rings. The Bertz CT molecular complexity index is 774. The third-order valence-electron chi connectivity index (χ3n) is 2.66. The van der Waals surface area contributed by atoms with E-state index in [-0.39, 0.29) is 9.92 Å². The molecule has 0 saturated carbocycles. The van der Waals surface area contributed by atoms with Gasteiger partial charge in [-0.2, -0.15) is 13.5 Å². The molecule has 0 saturated heterocycles. The van der Waals surface area contributed by atoms with Crippen LogP contribution in [-0.4, -0.2) is 14.6 Å². The van der Waals surface area contributed by atoms with Gasteiger partial charge in [-0.25, -0.2) is 9.22 Å². The van der Waals surface area contributed by atoms with Crippen LogP contribution in [0.25, 0.3) is 0 Å². The Kier molecular flexibility index (Phi) is 4.59. The zero-order valence-electron chi connectivity index (χ0n) is 11.0. The van der Waals surface area contributed by atoms with Gasteiger partial charge in [0.1, 0.15) is 5.82 Å². The van der Waals surface area contributed by atoms with E-state index in [4.69, 9.17) is 11.6 Å². The minimum atomic E-state index is -3.72. The van der Waals surface area contributed by atoms with E-state index in [1.54, 1.807) is 12.1 Å². The predicted octanol–water partition coefficient (Wildman–Crippen LogP) is 3.10. The molecule has 110 valence electrons. The van der Waals surface area contributed by atoms with Crippen molar-refractivity contribution in [3.05, 3.63) is 64.4 Å². The van der Waals surface area contributed by atoms with Crippen molar-refractivity contribution in [2.24, 2.45) is 5.10 Å². The van der Waals surface area contributed by atoms with Gasteiger partial charge in [0, 0.05) is 0 Å². The zero-order valence-corrected chi connectivity index (χ0v) is 12.6. The topological polar surface area (TPSA) is 58.5 Å². The summed E-state index contributed by atoms with van der Waals surface area (Å²) in [6, 6.07) is 10.3. The lowest BCUT2D eigenvalue weighted by Gasteiger charge is -2.03. The maximum Gasteiger partial charge on any atom is 0.276 e. The van der Waals surface area contributed by atoms with E-state index in [0.717, 1.165) is 5.56 Å². The van der Waals surface area contributed by atoms with Crippen molar-refractivity contribution in [3.63, 3.8) is 0 Å². The van der Waals surface area contributed by atoms with Crippen molar-refractivity contribution in [1.82, 2.24) is 4.83 Å². The van der Waals surface area contributed by atoms with Crippen LogP contribution in [0.15, 0.2) is 52.5 Å². The number of hydrogen-bond acceptors (Lipinski definition) is 3. The molecule has 2 rings (SSSR count). The van der Waals surface area contributed by atoms with E-state index >= 15 is 0 Å². The summed E-state index contributed by atoms with van der Waals surface area (Å²) in [6.07, 6.45) is 1.25. The molecule has 1 N–H and O–H groups in total. The molecule has 0 heterocycles. The number of rotatable bonds is 4. The predicted molar refractivity (Wildman–Crippen MR) is 80.5 cm³/mol. The van der Waals surface area contributed by atoms with E-state index in [1.807, 2.05) is 6.92 Å². The first-order valence-corrected chi connectivity index (χ1v) is 7.81. The van der Waals surface area contributed by atoms with Crippen LogP contribution in [-0.2, 0) is 10.0 Å². The molecule has 0 spiro atoms. The van der Waals surface area contributed by atoms with Gasteiger partial charge >= 0.3 is 0 Å². The molecule has 4 nitrogen and oxygen atoms in total. The first-order chi connectivity index (χ1) is 9.88. The molecular formula is C14H12ClFN2O2S. The molecule has 0 aliphatic heterocycles. The summed E-state index contributed by atoms with van der Waals surface area (Å²) < 4.78 is 36.9. The Morgan fingerprint density at radius 3 is 2.48 bits per heavy atom. The van der Waals surface area contributed by atoms with Crippen LogP contribution in [0.3, 0.4) is 0 Å². The Balaban J connectivity index is 2.12. The highest BCUT2D eigenvalue weighted by atomic mass is 35.5. The van der Waals surface area contributed by atoms with Gasteiger partial charge in [-0.05, 0) is 36.8 Å². The molecule has 0 radical (unpaired) electrons. The Morgan fingerprint density at radius 1 is 1.19 bits per heavy atom. The first kappa shape index (κ1) is 15.5. The largest absolute Gasteiger partial charge is 0.276 e. The van der Waals surface area contributed by atoms with Gasteiger partial charge in [0.2, 0.25) is 0 Å². The Morgan fingerprint density at radius 2 is 1.86 bits per heavy atom. The number of halogens is 2. The van der Waals surface area contributed by atoms with Crippen LogP contribution in [0.1, 0.15) is 11.1 Å². The SMILES string of the molecule is Cc1ccc(S(=O)(=O)NN=Cc2ccc(F)c(Cl)c2)cc1. The van der Waals surface area contributed by atoms with Crippen LogP contribution >= 0.6 is 11.6 Å². The monoisotopic (exact) mass is 326 g/mol. The molecule has 0 bridgehead atoms. The molecule has 0 fully saturated rings. The Labute approximate surface area is 127 Å². The smallest absolute Gasteiger partial charge is 0.205 e. The van der Waals surface area contributed by atoms with Crippen molar-refractivity contribution in [3.8, 4) is 0 Å². The van der Waals surface area contributed by atoms with E-state index in [9.17, 15) is 12.8 Å². The van der Waals surface area contributed by atoms with Crippen LogP contribution in [0.2, 0.25) is 5.02 Å². The van der Waals surface area contributed by atoms with Crippen molar-refractivity contribution < 1.29 is 12.8 Å². The number of hydrogen-bond donors (Lipinski definition) is 1. The molecule has 21 heavy (non-hydrogen) atoms. The number of benzene rings is 2. The van der Waals surface area contributed by atoms with Gasteiger partial charge in [0.25, 0.3) is 10.0 Å². The van der Waals surface area contributed by atoms with Crippen molar-refractivity contribution in [2.45, 2.75) is 11.8 Å². The van der Waals surface area contributed by atoms with E-state index < -0.39 is 15.8 Å². The molecule has 0 atom stereocenters. The number of sulfonamides is 1. The van der Waals surface area contributed by atoms with Crippen molar-refractivity contribution in [2.75, 3.05) is 0 Å². The fraction of sp³-hybridized carbons (Fsp3) is 0.0714. The third kappa shape index (κ3) is 4.03. The maximum atomic E-state index is 13.0. The number of hydrazone groups is 1. The minimum absolute atomic E-state index is 0.0552. The van der Waals surface area contributed by atoms with E-state index in [2.05, 4.69) is 9.93 Å². The molecule has 0 aromatic heterocycles. The highest BCUT2D eigenvalue weighted by molar-refractivity contribution is 7.89. The lowest BCUT2D eigenvalue weighted by molar-refractivity contribution is 0.584. The van der Waals surface area contributed by atoms with Crippen LogP contribution < -0.4 is 4.83 Å². The molecule has 0 amide bonds. The van der Waals surface area contributed by atoms with Gasteiger partial charge in [-0.15, -0.1) is 0 Å². The highest BCUT2D eigenvalue weighted by Gasteiger charge is 2.11. The van der Waals surface area contributed by atoms with Crippen LogP contribution in [0, 0.1) is 12.7 Å². The van der Waals surface area contributed by atoms with Crippen LogP contribution in [0.4, 0.5) is 4.39 Å². The minimum Gasteiger partial charge on any atom is -0.205 e. The molecular weight excluding hydrogens is 315 g/mol. The normalized spacial score (nSPS) is 11.8. The summed E-state index contributed by atoms with van der Waals surface area (Å²) in [5.41, 5.74) is 1.44. The average Bonchev–Trinajstić information content (AvgIpc) is 2.43. The van der Waals surface area contributed by atoms with Gasteiger partial charge in [0.15, 0.2) is 0 Å². The molecule has 0 aliphatic carbocycles. The number of aryl methyl sites for hydroxylation is 1.